The van der Waals surface area contributed by atoms with Gasteiger partial charge in [0.15, 0.2) is 0 Å². The maximum Gasteiger partial charge on any atom is 0.438 e. The van der Waals surface area contributed by atoms with Crippen LogP contribution in [0.15, 0.2) is 0 Å². The SMILES string of the molecule is FN(F)C(F)(F)Cl. The largest absolute Gasteiger partial charge is 0.438 e. The summed E-state index contributed by atoms with van der Waals surface area (Å²) < 4.78 is 42.6. The Labute approximate surface area is 41.3 Å². The van der Waals surface area contributed by atoms with Gasteiger partial charge in [-0.05, 0) is 11.6 Å². The summed E-state index contributed by atoms with van der Waals surface area (Å²) in [6.45, 7) is 0. The molecule has 0 atom stereocenters. The third kappa shape index (κ3) is 2.64. The molecular weight excluding hydrogens is 137 g/mol. The molecule has 0 radical (unpaired) electrons. The summed E-state index contributed by atoms with van der Waals surface area (Å²) in [5.41, 5.74) is -4.53. The van der Waals surface area contributed by atoms with Crippen LogP contribution in [0.1, 0.15) is 0 Å². The number of hydrogen-bond donors (Lipinski definition) is 0. The van der Waals surface area contributed by atoms with E-state index in [4.69, 9.17) is 0 Å². The van der Waals surface area contributed by atoms with E-state index < -0.39 is 10.8 Å². The predicted octanol–water partition coefficient (Wildman–Crippen LogP) is 1.85. The average Bonchev–Trinajstić information content (AvgIpc) is 1.31. The van der Waals surface area contributed by atoms with E-state index in [0.717, 1.165) is 0 Å². The molecule has 0 N–H and O–H groups in total. The van der Waals surface area contributed by atoms with E-state index in [-0.39, 0.29) is 0 Å². The molecule has 6 heteroatoms. The molecule has 0 saturated carbocycles. The molecule has 0 fully saturated rings. The van der Waals surface area contributed by atoms with Gasteiger partial charge in [0.1, 0.15) is 5.34 Å². The lowest BCUT2D eigenvalue weighted by atomic mass is 11.3. The van der Waals surface area contributed by atoms with Crippen LogP contribution < -0.4 is 0 Å². The van der Waals surface area contributed by atoms with Crippen molar-refractivity contribution in [2.24, 2.45) is 0 Å². The summed E-state index contributed by atoms with van der Waals surface area (Å²) >= 11 is 3.71. The van der Waals surface area contributed by atoms with Gasteiger partial charge in [-0.15, -0.1) is 0 Å². The molecule has 0 aliphatic heterocycles. The van der Waals surface area contributed by atoms with Crippen LogP contribution >= 0.6 is 11.6 Å². The first kappa shape index (κ1) is 6.97. The Morgan fingerprint density at radius 1 is 1.29 bits per heavy atom. The van der Waals surface area contributed by atoms with Crippen molar-refractivity contribution in [2.45, 2.75) is 5.51 Å². The Morgan fingerprint density at radius 2 is 1.43 bits per heavy atom. The number of halogens is 5. The van der Waals surface area contributed by atoms with Gasteiger partial charge in [-0.3, -0.25) is 0 Å². The van der Waals surface area contributed by atoms with Crippen LogP contribution in [-0.4, -0.2) is 10.8 Å². The highest BCUT2D eigenvalue weighted by molar-refractivity contribution is 6.21. The van der Waals surface area contributed by atoms with Crippen molar-refractivity contribution in [3.8, 4) is 0 Å². The van der Waals surface area contributed by atoms with Crippen LogP contribution in [-0.2, 0) is 0 Å². The van der Waals surface area contributed by atoms with Gasteiger partial charge in [-0.2, -0.15) is 8.78 Å². The standard InChI is InChI=1S/CClF4N/c2-1(3,4)7(5)6. The fourth-order valence-corrected chi connectivity index (χ4v) is 0. The molecular formula is CClF4N. The van der Waals surface area contributed by atoms with Gasteiger partial charge in [-0.1, -0.05) is 8.96 Å². The molecule has 0 heterocycles. The van der Waals surface area contributed by atoms with E-state index in [1.54, 1.807) is 0 Å². The number of rotatable bonds is 1. The van der Waals surface area contributed by atoms with E-state index in [9.17, 15) is 17.7 Å². The van der Waals surface area contributed by atoms with Crippen LogP contribution in [0, 0.1) is 0 Å². The van der Waals surface area contributed by atoms with Crippen molar-refractivity contribution >= 4 is 11.6 Å². The lowest BCUT2D eigenvalue weighted by Gasteiger charge is -2.03. The van der Waals surface area contributed by atoms with E-state index in [2.05, 4.69) is 11.6 Å². The third-order valence-electron chi connectivity index (χ3n) is 0.192. The molecule has 0 aromatic heterocycles. The highest BCUT2D eigenvalue weighted by Gasteiger charge is 2.36. The Bertz CT molecular complexity index is 57.2. The minimum absolute atomic E-state index is 2.38. The third-order valence-corrected chi connectivity index (χ3v) is 0.319. The van der Waals surface area contributed by atoms with Gasteiger partial charge >= 0.3 is 5.51 Å². The zero-order valence-corrected chi connectivity index (χ0v) is 3.59. The first-order chi connectivity index (χ1) is 2.94. The van der Waals surface area contributed by atoms with Gasteiger partial charge in [0.2, 0.25) is 0 Å². The summed E-state index contributed by atoms with van der Waals surface area (Å²) in [5.74, 6) is 0. The van der Waals surface area contributed by atoms with Crippen LogP contribution in [0.4, 0.5) is 17.7 Å². The molecule has 0 aromatic carbocycles. The molecule has 0 aliphatic rings. The first-order valence-electron chi connectivity index (χ1n) is 1.13. The fraction of sp³-hybridized carbons (Fsp3) is 1.00. The molecule has 0 saturated heterocycles. The second-order valence-corrected chi connectivity index (χ2v) is 1.16. The molecule has 0 unspecified atom stereocenters. The molecule has 0 amide bonds. The topological polar surface area (TPSA) is 3.24 Å². The van der Waals surface area contributed by atoms with E-state index in [1.807, 2.05) is 0 Å². The second-order valence-electron chi connectivity index (χ2n) is 0.701. The van der Waals surface area contributed by atoms with Gasteiger partial charge in [0.25, 0.3) is 0 Å². The van der Waals surface area contributed by atoms with Crippen molar-refractivity contribution in [1.82, 2.24) is 5.34 Å². The van der Waals surface area contributed by atoms with E-state index >= 15 is 0 Å². The lowest BCUT2D eigenvalue weighted by Crippen LogP contribution is -2.20. The first-order valence-corrected chi connectivity index (χ1v) is 1.51. The summed E-state index contributed by atoms with van der Waals surface area (Å²) in [4.78, 5) is 0. The average molecular weight is 137 g/mol. The van der Waals surface area contributed by atoms with Gasteiger partial charge < -0.3 is 0 Å². The molecule has 44 valence electrons. The minimum Gasteiger partial charge on any atom is -0.167 e. The summed E-state index contributed by atoms with van der Waals surface area (Å²) in [5, 5.41) is -2.38. The molecule has 0 rings (SSSR count). The van der Waals surface area contributed by atoms with Crippen molar-refractivity contribution in [3.63, 3.8) is 0 Å². The molecule has 1 nitrogen and oxygen atoms in total. The smallest absolute Gasteiger partial charge is 0.167 e. The Balaban J connectivity index is 3.54. The second kappa shape index (κ2) is 1.83. The maximum atomic E-state index is 10.8. The van der Waals surface area contributed by atoms with Crippen LogP contribution in [0.25, 0.3) is 0 Å². The molecule has 0 aromatic rings. The van der Waals surface area contributed by atoms with Crippen LogP contribution in [0.3, 0.4) is 0 Å². The number of nitrogens with zero attached hydrogens (tertiary/aromatic N) is 1. The van der Waals surface area contributed by atoms with Crippen molar-refractivity contribution in [2.75, 3.05) is 0 Å². The zero-order valence-electron chi connectivity index (χ0n) is 2.84. The Kier molecular flexibility index (Phi) is 1.82. The van der Waals surface area contributed by atoms with Crippen LogP contribution in [0.2, 0.25) is 0 Å². The quantitative estimate of drug-likeness (QED) is 0.231. The lowest BCUT2D eigenvalue weighted by molar-refractivity contribution is -0.290. The summed E-state index contributed by atoms with van der Waals surface area (Å²) in [6, 6.07) is 0. The predicted molar refractivity (Wildman–Crippen MR) is 14.9 cm³/mol. The Hall–Kier alpha value is -0.0300. The summed E-state index contributed by atoms with van der Waals surface area (Å²) in [7, 11) is 0. The highest BCUT2D eigenvalue weighted by Crippen LogP contribution is 2.24. The Morgan fingerprint density at radius 3 is 1.43 bits per heavy atom. The summed E-state index contributed by atoms with van der Waals surface area (Å²) in [6.07, 6.45) is 0. The van der Waals surface area contributed by atoms with Gasteiger partial charge in [0.05, 0.1) is 0 Å². The van der Waals surface area contributed by atoms with E-state index in [0.29, 0.717) is 0 Å². The molecule has 0 spiro atoms. The van der Waals surface area contributed by atoms with E-state index in [1.165, 1.54) is 0 Å². The zero-order chi connectivity index (χ0) is 6.08. The van der Waals surface area contributed by atoms with Crippen molar-refractivity contribution in [3.05, 3.63) is 0 Å². The van der Waals surface area contributed by atoms with Gasteiger partial charge in [-0.25, -0.2) is 0 Å². The molecule has 0 bridgehead atoms. The van der Waals surface area contributed by atoms with Crippen molar-refractivity contribution < 1.29 is 17.7 Å². The fourth-order valence-electron chi connectivity index (χ4n) is 0. The number of alkyl halides is 3. The monoisotopic (exact) mass is 137 g/mol. The number of hydrogen-bond acceptors (Lipinski definition) is 1. The maximum absolute atomic E-state index is 10.8. The molecule has 0 aliphatic carbocycles. The van der Waals surface area contributed by atoms with Crippen LogP contribution in [0.5, 0.6) is 0 Å². The van der Waals surface area contributed by atoms with Crippen molar-refractivity contribution in [1.29, 1.82) is 0 Å². The minimum atomic E-state index is -4.53. The highest BCUT2D eigenvalue weighted by atomic mass is 35.5. The normalized spacial score (nSPS) is 12.9. The van der Waals surface area contributed by atoms with Gasteiger partial charge in [0, 0.05) is 0 Å². The molecule has 7 heavy (non-hydrogen) atoms.